The second kappa shape index (κ2) is 7.24. The molecule has 1 fully saturated rings. The standard InChI is InChI=1S/C22H28N2O3/c1-21(2)23-22(3,14-17-11-12-18(26-4)19(13-17)27-5)20(25)24(21)15-16-9-7-6-8-10-16/h6-13,23H,14-15H2,1-5H3/t22-/m0/s1. The highest BCUT2D eigenvalue weighted by atomic mass is 16.5. The van der Waals surface area contributed by atoms with Crippen molar-refractivity contribution in [2.75, 3.05) is 14.2 Å². The normalized spacial score (nSPS) is 21.4. The molecular weight excluding hydrogens is 340 g/mol. The van der Waals surface area contributed by atoms with Gasteiger partial charge in [0.25, 0.3) is 0 Å². The van der Waals surface area contributed by atoms with Gasteiger partial charge in [0.2, 0.25) is 5.91 Å². The van der Waals surface area contributed by atoms with Crippen LogP contribution in [0, 0.1) is 0 Å². The zero-order valence-electron chi connectivity index (χ0n) is 16.7. The zero-order chi connectivity index (χ0) is 19.7. The summed E-state index contributed by atoms with van der Waals surface area (Å²) in [6.45, 7) is 6.65. The molecule has 1 saturated heterocycles. The molecule has 0 aromatic heterocycles. The lowest BCUT2D eigenvalue weighted by molar-refractivity contribution is -0.134. The number of hydrogen-bond donors (Lipinski definition) is 1. The van der Waals surface area contributed by atoms with E-state index in [1.54, 1.807) is 14.2 Å². The molecule has 3 rings (SSSR count). The number of hydrogen-bond acceptors (Lipinski definition) is 4. The Morgan fingerprint density at radius 1 is 0.926 bits per heavy atom. The van der Waals surface area contributed by atoms with Gasteiger partial charge in [0, 0.05) is 6.54 Å². The number of carbonyl (C=O) groups is 1. The van der Waals surface area contributed by atoms with E-state index in [2.05, 4.69) is 5.32 Å². The number of nitrogens with zero attached hydrogens (tertiary/aromatic N) is 1. The minimum absolute atomic E-state index is 0.103. The van der Waals surface area contributed by atoms with Crippen LogP contribution in [0.25, 0.3) is 0 Å². The van der Waals surface area contributed by atoms with Crippen molar-refractivity contribution < 1.29 is 14.3 Å². The largest absolute Gasteiger partial charge is 0.493 e. The molecule has 1 aliphatic rings. The van der Waals surface area contributed by atoms with Crippen molar-refractivity contribution in [3.63, 3.8) is 0 Å². The second-order valence-corrected chi connectivity index (χ2v) is 7.76. The van der Waals surface area contributed by atoms with Crippen molar-refractivity contribution in [1.29, 1.82) is 0 Å². The fraction of sp³-hybridized carbons (Fsp3) is 0.409. The first-order chi connectivity index (χ1) is 12.8. The maximum atomic E-state index is 13.3. The molecule has 1 amide bonds. The molecule has 0 bridgehead atoms. The fourth-order valence-electron chi connectivity index (χ4n) is 3.90. The molecule has 144 valence electrons. The summed E-state index contributed by atoms with van der Waals surface area (Å²) in [5, 5.41) is 3.55. The summed E-state index contributed by atoms with van der Waals surface area (Å²) in [6.07, 6.45) is 0.570. The first-order valence-corrected chi connectivity index (χ1v) is 9.15. The average molecular weight is 368 g/mol. The highest BCUT2D eigenvalue weighted by Gasteiger charge is 2.51. The molecular formula is C22H28N2O3. The lowest BCUT2D eigenvalue weighted by Crippen LogP contribution is -2.50. The monoisotopic (exact) mass is 368 g/mol. The van der Waals surface area contributed by atoms with E-state index in [9.17, 15) is 4.79 Å². The van der Waals surface area contributed by atoms with Crippen molar-refractivity contribution in [2.45, 2.75) is 44.9 Å². The average Bonchev–Trinajstić information content (AvgIpc) is 2.81. The van der Waals surface area contributed by atoms with Gasteiger partial charge in [0.05, 0.1) is 19.9 Å². The van der Waals surface area contributed by atoms with Crippen LogP contribution in [0.5, 0.6) is 11.5 Å². The number of amides is 1. The van der Waals surface area contributed by atoms with Gasteiger partial charge >= 0.3 is 0 Å². The Hall–Kier alpha value is -2.53. The zero-order valence-corrected chi connectivity index (χ0v) is 16.7. The van der Waals surface area contributed by atoms with Crippen molar-refractivity contribution in [3.05, 3.63) is 59.7 Å². The smallest absolute Gasteiger partial charge is 0.244 e. The Kier molecular flexibility index (Phi) is 5.16. The van der Waals surface area contributed by atoms with E-state index in [1.165, 1.54) is 0 Å². The molecule has 27 heavy (non-hydrogen) atoms. The highest BCUT2D eigenvalue weighted by Crippen LogP contribution is 2.34. The van der Waals surface area contributed by atoms with Crippen molar-refractivity contribution in [3.8, 4) is 11.5 Å². The summed E-state index contributed by atoms with van der Waals surface area (Å²) >= 11 is 0. The van der Waals surface area contributed by atoms with E-state index < -0.39 is 11.2 Å². The molecule has 0 saturated carbocycles. The van der Waals surface area contributed by atoms with Gasteiger partial charge in [-0.05, 0) is 50.5 Å². The molecule has 5 heteroatoms. The topological polar surface area (TPSA) is 50.8 Å². The minimum Gasteiger partial charge on any atom is -0.493 e. The van der Waals surface area contributed by atoms with E-state index in [4.69, 9.17) is 9.47 Å². The van der Waals surface area contributed by atoms with Gasteiger partial charge in [-0.2, -0.15) is 0 Å². The Balaban J connectivity index is 1.84. The van der Waals surface area contributed by atoms with Gasteiger partial charge in [-0.15, -0.1) is 0 Å². The maximum absolute atomic E-state index is 13.3. The van der Waals surface area contributed by atoms with Crippen LogP contribution in [-0.4, -0.2) is 36.2 Å². The molecule has 0 radical (unpaired) electrons. The van der Waals surface area contributed by atoms with E-state index in [0.717, 1.165) is 11.1 Å². The first-order valence-electron chi connectivity index (χ1n) is 9.15. The van der Waals surface area contributed by atoms with Crippen LogP contribution < -0.4 is 14.8 Å². The number of methoxy groups -OCH3 is 2. The highest BCUT2D eigenvalue weighted by molar-refractivity contribution is 5.89. The van der Waals surface area contributed by atoms with E-state index in [-0.39, 0.29) is 5.91 Å². The summed E-state index contributed by atoms with van der Waals surface area (Å²) in [5.74, 6) is 1.46. The summed E-state index contributed by atoms with van der Waals surface area (Å²) in [5.41, 5.74) is 1.03. The van der Waals surface area contributed by atoms with Crippen LogP contribution in [0.2, 0.25) is 0 Å². The van der Waals surface area contributed by atoms with Crippen LogP contribution in [-0.2, 0) is 17.8 Å². The minimum atomic E-state index is -0.683. The van der Waals surface area contributed by atoms with E-state index in [0.29, 0.717) is 24.5 Å². The number of nitrogens with one attached hydrogen (secondary N) is 1. The van der Waals surface area contributed by atoms with Crippen LogP contribution in [0.1, 0.15) is 31.9 Å². The van der Waals surface area contributed by atoms with Crippen LogP contribution >= 0.6 is 0 Å². The molecule has 0 unspecified atom stereocenters. The summed E-state index contributed by atoms with van der Waals surface area (Å²) in [4.78, 5) is 15.3. The quantitative estimate of drug-likeness (QED) is 0.849. The molecule has 1 N–H and O–H groups in total. The van der Waals surface area contributed by atoms with Crippen LogP contribution in [0.3, 0.4) is 0 Å². The van der Waals surface area contributed by atoms with Gasteiger partial charge in [0.15, 0.2) is 11.5 Å². The third-order valence-electron chi connectivity index (χ3n) is 5.16. The van der Waals surface area contributed by atoms with Gasteiger partial charge in [0.1, 0.15) is 5.54 Å². The predicted molar refractivity (Wildman–Crippen MR) is 106 cm³/mol. The van der Waals surface area contributed by atoms with Crippen LogP contribution in [0.15, 0.2) is 48.5 Å². The van der Waals surface area contributed by atoms with E-state index in [1.807, 2.05) is 74.2 Å². The van der Waals surface area contributed by atoms with Gasteiger partial charge < -0.3 is 14.4 Å². The van der Waals surface area contributed by atoms with E-state index >= 15 is 0 Å². The molecule has 2 aromatic carbocycles. The lowest BCUT2D eigenvalue weighted by Gasteiger charge is -2.31. The molecule has 1 heterocycles. The Bertz CT molecular complexity index is 820. The number of rotatable bonds is 6. The Labute approximate surface area is 161 Å². The number of ether oxygens (including phenoxy) is 2. The maximum Gasteiger partial charge on any atom is 0.244 e. The molecule has 5 nitrogen and oxygen atoms in total. The third kappa shape index (κ3) is 3.78. The molecule has 2 aromatic rings. The van der Waals surface area contributed by atoms with Crippen molar-refractivity contribution in [2.24, 2.45) is 0 Å². The Morgan fingerprint density at radius 2 is 1.59 bits per heavy atom. The predicted octanol–water partition coefficient (Wildman–Crippen LogP) is 3.37. The summed E-state index contributed by atoms with van der Waals surface area (Å²) < 4.78 is 10.7. The Morgan fingerprint density at radius 3 is 2.22 bits per heavy atom. The third-order valence-corrected chi connectivity index (χ3v) is 5.16. The van der Waals surface area contributed by atoms with Crippen molar-refractivity contribution in [1.82, 2.24) is 10.2 Å². The van der Waals surface area contributed by atoms with Crippen LogP contribution in [0.4, 0.5) is 0 Å². The first kappa shape index (κ1) is 19.2. The van der Waals surface area contributed by atoms with Gasteiger partial charge in [-0.25, -0.2) is 0 Å². The summed E-state index contributed by atoms with van der Waals surface area (Å²) in [7, 11) is 3.23. The summed E-state index contributed by atoms with van der Waals surface area (Å²) in [6, 6.07) is 15.9. The molecule has 1 atom stereocenters. The van der Waals surface area contributed by atoms with Gasteiger partial charge in [-0.1, -0.05) is 36.4 Å². The molecule has 1 aliphatic heterocycles. The second-order valence-electron chi connectivity index (χ2n) is 7.76. The number of benzene rings is 2. The molecule has 0 aliphatic carbocycles. The lowest BCUT2D eigenvalue weighted by atomic mass is 9.92. The van der Waals surface area contributed by atoms with Crippen molar-refractivity contribution >= 4 is 5.91 Å². The SMILES string of the molecule is COc1ccc(C[C@]2(C)NC(C)(C)N(Cc3ccccc3)C2=O)cc1OC. The number of carbonyl (C=O) groups excluding carboxylic acids is 1. The molecule has 0 spiro atoms. The van der Waals surface area contributed by atoms with Gasteiger partial charge in [-0.3, -0.25) is 10.1 Å². The fourth-order valence-corrected chi connectivity index (χ4v) is 3.90.